The molecule has 0 aliphatic carbocycles. The molecule has 1 amide bonds. The fourth-order valence-electron chi connectivity index (χ4n) is 3.42. The lowest BCUT2D eigenvalue weighted by Crippen LogP contribution is -2.37. The van der Waals surface area contributed by atoms with E-state index in [1.807, 2.05) is 61.5 Å². The van der Waals surface area contributed by atoms with Crippen molar-refractivity contribution in [2.24, 2.45) is 0 Å². The van der Waals surface area contributed by atoms with Gasteiger partial charge in [-0.15, -0.1) is 5.10 Å². The molecule has 0 spiro atoms. The maximum atomic E-state index is 12.9. The number of benzene rings is 2. The molecule has 2 aromatic heterocycles. The number of rotatable bonds is 5. The van der Waals surface area contributed by atoms with Gasteiger partial charge in [0.25, 0.3) is 5.91 Å². The number of carbonyl (C=O) groups excluding carboxylic acids is 1. The normalized spacial score (nSPS) is 11.6. The fraction of sp³-hybridized carbons (Fsp3) is 0.217. The van der Waals surface area contributed by atoms with E-state index in [4.69, 9.17) is 11.6 Å². The van der Waals surface area contributed by atoms with E-state index in [0.29, 0.717) is 23.0 Å². The van der Waals surface area contributed by atoms with Crippen LogP contribution in [0.5, 0.6) is 0 Å². The van der Waals surface area contributed by atoms with Crippen LogP contribution >= 0.6 is 11.6 Å². The van der Waals surface area contributed by atoms with Crippen LogP contribution < -0.4 is 5.32 Å². The number of nitrogens with one attached hydrogen (secondary N) is 1. The number of fused-ring (bicyclic) bond motifs is 1. The van der Waals surface area contributed by atoms with Gasteiger partial charge in [0.15, 0.2) is 5.69 Å². The molecule has 7 heteroatoms. The van der Waals surface area contributed by atoms with Crippen molar-refractivity contribution in [3.63, 3.8) is 0 Å². The zero-order chi connectivity index (χ0) is 21.3. The standard InChI is InChI=1S/C23H22ClN5O/c1-15-20(22(30)26-14-23(2,3)17-9-5-10-18(24)13-17)27-28-29(15)19-11-4-7-16-8-6-12-25-21(16)19/h4-13H,14H2,1-3H3,(H,26,30). The summed E-state index contributed by atoms with van der Waals surface area (Å²) >= 11 is 6.12. The molecule has 1 N–H and O–H groups in total. The van der Waals surface area contributed by atoms with Gasteiger partial charge >= 0.3 is 0 Å². The topological polar surface area (TPSA) is 72.7 Å². The average molecular weight is 420 g/mol. The van der Waals surface area contributed by atoms with Gasteiger partial charge in [0.2, 0.25) is 0 Å². The van der Waals surface area contributed by atoms with Gasteiger partial charge in [-0.3, -0.25) is 9.78 Å². The van der Waals surface area contributed by atoms with E-state index >= 15 is 0 Å². The molecule has 0 aliphatic rings. The Kier molecular flexibility index (Phi) is 5.26. The van der Waals surface area contributed by atoms with Crippen molar-refractivity contribution in [3.05, 3.63) is 82.8 Å². The SMILES string of the molecule is Cc1c(C(=O)NCC(C)(C)c2cccc(Cl)c2)nnn1-c1cccc2cccnc12. The molecular formula is C23H22ClN5O. The van der Waals surface area contributed by atoms with Crippen molar-refractivity contribution in [2.75, 3.05) is 6.54 Å². The molecule has 4 rings (SSSR count). The Morgan fingerprint density at radius 2 is 1.90 bits per heavy atom. The van der Waals surface area contributed by atoms with Crippen molar-refractivity contribution < 1.29 is 4.79 Å². The van der Waals surface area contributed by atoms with Crippen LogP contribution in [0.3, 0.4) is 0 Å². The number of halogens is 1. The van der Waals surface area contributed by atoms with E-state index in [2.05, 4.69) is 34.5 Å². The number of para-hydroxylation sites is 1. The van der Waals surface area contributed by atoms with Crippen molar-refractivity contribution in [1.29, 1.82) is 0 Å². The van der Waals surface area contributed by atoms with Crippen LogP contribution in [0.15, 0.2) is 60.8 Å². The second-order valence-electron chi connectivity index (χ2n) is 7.86. The predicted octanol–water partition coefficient (Wildman–Crippen LogP) is 4.48. The first-order valence-electron chi connectivity index (χ1n) is 9.67. The van der Waals surface area contributed by atoms with E-state index < -0.39 is 0 Å². The largest absolute Gasteiger partial charge is 0.350 e. The summed E-state index contributed by atoms with van der Waals surface area (Å²) in [4.78, 5) is 17.3. The molecule has 2 heterocycles. The quantitative estimate of drug-likeness (QED) is 0.517. The van der Waals surface area contributed by atoms with Crippen molar-refractivity contribution in [3.8, 4) is 5.69 Å². The van der Waals surface area contributed by atoms with Gasteiger partial charge in [0.1, 0.15) is 0 Å². The minimum Gasteiger partial charge on any atom is -0.350 e. The zero-order valence-corrected chi connectivity index (χ0v) is 17.8. The number of carbonyl (C=O) groups is 1. The first kappa shape index (κ1) is 20.0. The van der Waals surface area contributed by atoms with Gasteiger partial charge in [-0.2, -0.15) is 0 Å². The molecule has 30 heavy (non-hydrogen) atoms. The summed E-state index contributed by atoms with van der Waals surface area (Å²) in [5, 5.41) is 13.0. The van der Waals surface area contributed by atoms with Gasteiger partial charge in [-0.05, 0) is 36.8 Å². The lowest BCUT2D eigenvalue weighted by Gasteiger charge is -2.25. The van der Waals surface area contributed by atoms with Gasteiger partial charge in [-0.25, -0.2) is 4.68 Å². The maximum absolute atomic E-state index is 12.9. The third-order valence-corrected chi connectivity index (χ3v) is 5.48. The molecule has 0 bridgehead atoms. The van der Waals surface area contributed by atoms with Gasteiger partial charge in [-0.1, -0.05) is 61.0 Å². The minimum atomic E-state index is -0.288. The highest BCUT2D eigenvalue weighted by Gasteiger charge is 2.24. The number of nitrogens with zero attached hydrogens (tertiary/aromatic N) is 4. The Bertz CT molecular complexity index is 1230. The second kappa shape index (κ2) is 7.88. The number of hydrogen-bond donors (Lipinski definition) is 1. The Morgan fingerprint density at radius 3 is 2.70 bits per heavy atom. The molecule has 0 fully saturated rings. The fourth-order valence-corrected chi connectivity index (χ4v) is 3.61. The summed E-state index contributed by atoms with van der Waals surface area (Å²) in [6.07, 6.45) is 1.74. The lowest BCUT2D eigenvalue weighted by molar-refractivity contribution is 0.0940. The summed E-state index contributed by atoms with van der Waals surface area (Å²) in [7, 11) is 0. The highest BCUT2D eigenvalue weighted by Crippen LogP contribution is 2.25. The van der Waals surface area contributed by atoms with Crippen molar-refractivity contribution in [2.45, 2.75) is 26.2 Å². The van der Waals surface area contributed by atoms with Gasteiger partial charge < -0.3 is 5.32 Å². The first-order valence-corrected chi connectivity index (χ1v) is 10.1. The molecule has 0 saturated carbocycles. The number of aromatic nitrogens is 4. The van der Waals surface area contributed by atoms with Crippen LogP contribution in [-0.4, -0.2) is 32.4 Å². The molecule has 4 aromatic rings. The second-order valence-corrected chi connectivity index (χ2v) is 8.30. The monoisotopic (exact) mass is 419 g/mol. The van der Waals surface area contributed by atoms with Crippen molar-refractivity contribution in [1.82, 2.24) is 25.3 Å². The molecule has 0 aliphatic heterocycles. The number of pyridine rings is 1. The first-order chi connectivity index (χ1) is 14.4. The summed E-state index contributed by atoms with van der Waals surface area (Å²) in [5.74, 6) is -0.262. The zero-order valence-electron chi connectivity index (χ0n) is 17.1. The molecule has 0 radical (unpaired) electrons. The highest BCUT2D eigenvalue weighted by molar-refractivity contribution is 6.30. The van der Waals surface area contributed by atoms with Crippen molar-refractivity contribution >= 4 is 28.4 Å². The molecule has 0 atom stereocenters. The summed E-state index contributed by atoms with van der Waals surface area (Å²) in [6.45, 7) is 6.39. The maximum Gasteiger partial charge on any atom is 0.273 e. The average Bonchev–Trinajstić information content (AvgIpc) is 3.13. The smallest absolute Gasteiger partial charge is 0.273 e. The van der Waals surface area contributed by atoms with Crippen LogP contribution in [0.4, 0.5) is 0 Å². The van der Waals surface area contributed by atoms with E-state index in [1.54, 1.807) is 10.9 Å². The van der Waals surface area contributed by atoms with Gasteiger partial charge in [0.05, 0.1) is 16.9 Å². The Balaban J connectivity index is 1.57. The van der Waals surface area contributed by atoms with E-state index in [0.717, 1.165) is 22.2 Å². The van der Waals surface area contributed by atoms with Gasteiger partial charge in [0, 0.05) is 28.6 Å². The van der Waals surface area contributed by atoms with E-state index in [1.165, 1.54) is 0 Å². The number of amides is 1. The number of hydrogen-bond acceptors (Lipinski definition) is 4. The molecule has 6 nitrogen and oxygen atoms in total. The Morgan fingerprint density at radius 1 is 1.13 bits per heavy atom. The van der Waals surface area contributed by atoms with Crippen LogP contribution in [0, 0.1) is 6.92 Å². The molecule has 0 unspecified atom stereocenters. The highest BCUT2D eigenvalue weighted by atomic mass is 35.5. The molecule has 0 saturated heterocycles. The molecular weight excluding hydrogens is 398 g/mol. The van der Waals surface area contributed by atoms with Crippen LogP contribution in [-0.2, 0) is 5.41 Å². The summed E-state index contributed by atoms with van der Waals surface area (Å²) < 4.78 is 1.66. The minimum absolute atomic E-state index is 0.262. The van der Waals surface area contributed by atoms with Crippen LogP contribution in [0.2, 0.25) is 5.02 Å². The lowest BCUT2D eigenvalue weighted by atomic mass is 9.84. The Hall–Kier alpha value is -3.25. The van der Waals surface area contributed by atoms with E-state index in [9.17, 15) is 4.79 Å². The van der Waals surface area contributed by atoms with Crippen LogP contribution in [0.25, 0.3) is 16.6 Å². The van der Waals surface area contributed by atoms with E-state index in [-0.39, 0.29) is 11.3 Å². The predicted molar refractivity (Wildman–Crippen MR) is 118 cm³/mol. The summed E-state index contributed by atoms with van der Waals surface area (Å²) in [6, 6.07) is 17.4. The Labute approximate surface area is 179 Å². The van der Waals surface area contributed by atoms with Crippen LogP contribution in [0.1, 0.15) is 35.6 Å². The summed E-state index contributed by atoms with van der Waals surface area (Å²) in [5.41, 5.74) is 3.32. The third kappa shape index (κ3) is 3.78. The third-order valence-electron chi connectivity index (χ3n) is 5.25. The molecule has 152 valence electrons. The molecule has 2 aromatic carbocycles.